The zero-order valence-corrected chi connectivity index (χ0v) is 14.6. The average molecular weight is 319 g/mol. The van der Waals surface area contributed by atoms with Gasteiger partial charge in [-0.1, -0.05) is 29.7 Å². The first kappa shape index (κ1) is 17.7. The summed E-state index contributed by atoms with van der Waals surface area (Å²) in [5, 5.41) is 9.37. The van der Waals surface area contributed by atoms with E-state index in [0.717, 1.165) is 30.3 Å². The standard InChI is InChI=1S/C17H26BNO2S/c1-17(2,3)22(21)19-15(11-12-20)5-4-6-16(19)13-7-9-14(18)10-8-13/h7-10,15-16,20H,4-6,11-12H2,1-3H3/t15-,16-,22?/m0/s1. The van der Waals surface area contributed by atoms with Gasteiger partial charge >= 0.3 is 0 Å². The molecule has 2 radical (unpaired) electrons. The molecule has 2 rings (SSSR count). The van der Waals surface area contributed by atoms with E-state index in [9.17, 15) is 9.32 Å². The van der Waals surface area contributed by atoms with Crippen LogP contribution in [0.25, 0.3) is 0 Å². The van der Waals surface area contributed by atoms with Crippen molar-refractivity contribution >= 4 is 24.3 Å². The lowest BCUT2D eigenvalue weighted by Gasteiger charge is -2.44. The minimum Gasteiger partial charge on any atom is -0.396 e. The Morgan fingerprint density at radius 1 is 1.27 bits per heavy atom. The van der Waals surface area contributed by atoms with E-state index in [0.29, 0.717) is 6.42 Å². The van der Waals surface area contributed by atoms with Crippen molar-refractivity contribution in [3.8, 4) is 0 Å². The Kier molecular flexibility index (Phi) is 5.86. The predicted molar refractivity (Wildman–Crippen MR) is 93.6 cm³/mol. The van der Waals surface area contributed by atoms with Gasteiger partial charge in [-0.05, 0) is 52.0 Å². The molecule has 0 saturated carbocycles. The van der Waals surface area contributed by atoms with Crippen LogP contribution in [0.3, 0.4) is 0 Å². The van der Waals surface area contributed by atoms with Crippen molar-refractivity contribution in [1.29, 1.82) is 0 Å². The Morgan fingerprint density at radius 3 is 2.45 bits per heavy atom. The first-order chi connectivity index (χ1) is 10.3. The van der Waals surface area contributed by atoms with E-state index in [4.69, 9.17) is 7.85 Å². The summed E-state index contributed by atoms with van der Waals surface area (Å²) in [6, 6.07) is 8.18. The second-order valence-electron chi connectivity index (χ2n) is 7.00. The van der Waals surface area contributed by atoms with Gasteiger partial charge in [0.05, 0.1) is 4.75 Å². The topological polar surface area (TPSA) is 40.5 Å². The molecule has 1 saturated heterocycles. The summed E-state index contributed by atoms with van der Waals surface area (Å²) in [6.07, 6.45) is 3.76. The highest BCUT2D eigenvalue weighted by molar-refractivity contribution is 7.84. The van der Waals surface area contributed by atoms with E-state index in [1.165, 1.54) is 0 Å². The van der Waals surface area contributed by atoms with Gasteiger partial charge in [0, 0.05) is 18.7 Å². The molecule has 22 heavy (non-hydrogen) atoms. The van der Waals surface area contributed by atoms with Crippen molar-refractivity contribution in [2.75, 3.05) is 6.61 Å². The highest BCUT2D eigenvalue weighted by Crippen LogP contribution is 2.38. The van der Waals surface area contributed by atoms with Gasteiger partial charge in [-0.2, -0.15) is 0 Å². The lowest BCUT2D eigenvalue weighted by Crippen LogP contribution is -2.48. The smallest absolute Gasteiger partial charge is 0.113 e. The highest BCUT2D eigenvalue weighted by Gasteiger charge is 2.39. The van der Waals surface area contributed by atoms with E-state index in [2.05, 4.69) is 4.31 Å². The number of piperidine rings is 1. The van der Waals surface area contributed by atoms with Gasteiger partial charge in [0.25, 0.3) is 0 Å². The molecule has 0 amide bonds. The number of benzene rings is 1. The van der Waals surface area contributed by atoms with Crippen LogP contribution in [0.15, 0.2) is 24.3 Å². The zero-order valence-electron chi connectivity index (χ0n) is 13.8. The molecular weight excluding hydrogens is 293 g/mol. The maximum atomic E-state index is 13.1. The summed E-state index contributed by atoms with van der Waals surface area (Å²) < 4.78 is 14.9. The number of hydrogen-bond donors (Lipinski definition) is 1. The van der Waals surface area contributed by atoms with Crippen LogP contribution in [-0.2, 0) is 11.0 Å². The number of aliphatic hydroxyl groups is 1. The van der Waals surface area contributed by atoms with E-state index in [1.54, 1.807) is 0 Å². The van der Waals surface area contributed by atoms with Gasteiger partial charge in [-0.25, -0.2) is 8.51 Å². The van der Waals surface area contributed by atoms with Crippen LogP contribution < -0.4 is 5.46 Å². The third-order valence-electron chi connectivity index (χ3n) is 4.18. The molecular formula is C17H26BNO2S. The summed E-state index contributed by atoms with van der Waals surface area (Å²) in [4.78, 5) is 0. The lowest BCUT2D eigenvalue weighted by molar-refractivity contribution is 0.151. The average Bonchev–Trinajstić information content (AvgIpc) is 2.46. The Bertz CT molecular complexity index is 510. The molecule has 0 spiro atoms. The van der Waals surface area contributed by atoms with Gasteiger partial charge in [-0.15, -0.1) is 0 Å². The van der Waals surface area contributed by atoms with Crippen LogP contribution in [0.2, 0.25) is 0 Å². The fourth-order valence-corrected chi connectivity index (χ4v) is 4.65. The van der Waals surface area contributed by atoms with Crippen molar-refractivity contribution in [2.45, 2.75) is 63.3 Å². The summed E-state index contributed by atoms with van der Waals surface area (Å²) in [5.74, 6) is 0. The SMILES string of the molecule is [B]c1ccc([C@@H]2CCC[C@@H](CCO)N2S(=O)C(C)(C)C)cc1. The molecule has 1 N–H and O–H groups in total. The minimum absolute atomic E-state index is 0.131. The van der Waals surface area contributed by atoms with Gasteiger partial charge in [0.15, 0.2) is 0 Å². The molecule has 0 aliphatic carbocycles. The fourth-order valence-electron chi connectivity index (χ4n) is 3.08. The van der Waals surface area contributed by atoms with Crippen molar-refractivity contribution < 1.29 is 9.32 Å². The van der Waals surface area contributed by atoms with Gasteiger partial charge in [0.2, 0.25) is 0 Å². The van der Waals surface area contributed by atoms with E-state index in [-0.39, 0.29) is 23.4 Å². The van der Waals surface area contributed by atoms with Crippen LogP contribution >= 0.6 is 0 Å². The maximum Gasteiger partial charge on any atom is 0.113 e. The number of rotatable bonds is 4. The zero-order chi connectivity index (χ0) is 16.3. The fraction of sp³-hybridized carbons (Fsp3) is 0.647. The van der Waals surface area contributed by atoms with E-state index < -0.39 is 11.0 Å². The summed E-state index contributed by atoms with van der Waals surface area (Å²) in [7, 11) is 4.69. The van der Waals surface area contributed by atoms with Crippen LogP contribution in [0.1, 0.15) is 58.1 Å². The van der Waals surface area contributed by atoms with Crippen molar-refractivity contribution in [1.82, 2.24) is 4.31 Å². The third-order valence-corrected chi connectivity index (χ3v) is 6.16. The van der Waals surface area contributed by atoms with Crippen LogP contribution in [0.4, 0.5) is 0 Å². The van der Waals surface area contributed by atoms with E-state index in [1.807, 2.05) is 45.0 Å². The predicted octanol–water partition coefficient (Wildman–Crippen LogP) is 2.22. The third kappa shape index (κ3) is 4.00. The quantitative estimate of drug-likeness (QED) is 0.865. The molecule has 1 unspecified atom stereocenters. The molecule has 1 fully saturated rings. The molecule has 1 aromatic carbocycles. The maximum absolute atomic E-state index is 13.1. The monoisotopic (exact) mass is 319 g/mol. The Morgan fingerprint density at radius 2 is 1.91 bits per heavy atom. The normalized spacial score (nSPS) is 25.1. The van der Waals surface area contributed by atoms with Gasteiger partial charge < -0.3 is 5.11 Å². The Labute approximate surface area is 138 Å². The van der Waals surface area contributed by atoms with Crippen LogP contribution in [0.5, 0.6) is 0 Å². The lowest BCUT2D eigenvalue weighted by atomic mass is 9.89. The minimum atomic E-state index is -1.10. The van der Waals surface area contributed by atoms with E-state index >= 15 is 0 Å². The molecule has 5 heteroatoms. The molecule has 1 aliphatic heterocycles. The molecule has 1 aromatic rings. The Hall–Kier alpha value is -0.645. The second-order valence-corrected chi connectivity index (χ2v) is 9.15. The van der Waals surface area contributed by atoms with Gasteiger partial charge in [-0.3, -0.25) is 0 Å². The summed E-state index contributed by atoms with van der Waals surface area (Å²) in [6.45, 7) is 6.16. The number of aliphatic hydroxyl groups excluding tert-OH is 1. The molecule has 0 aromatic heterocycles. The second kappa shape index (κ2) is 7.28. The van der Waals surface area contributed by atoms with Crippen molar-refractivity contribution in [3.63, 3.8) is 0 Å². The van der Waals surface area contributed by atoms with Gasteiger partial charge in [0.1, 0.15) is 18.8 Å². The molecule has 1 heterocycles. The molecule has 3 nitrogen and oxygen atoms in total. The van der Waals surface area contributed by atoms with Crippen molar-refractivity contribution in [3.05, 3.63) is 29.8 Å². The Balaban J connectivity index is 2.35. The molecule has 1 aliphatic rings. The van der Waals surface area contributed by atoms with Crippen LogP contribution in [0, 0.1) is 0 Å². The molecule has 0 bridgehead atoms. The highest BCUT2D eigenvalue weighted by atomic mass is 32.2. The summed E-state index contributed by atoms with van der Waals surface area (Å²) in [5.41, 5.74) is 1.91. The first-order valence-electron chi connectivity index (χ1n) is 8.01. The number of hydrogen-bond acceptors (Lipinski definition) is 2. The van der Waals surface area contributed by atoms with Crippen LogP contribution in [-0.4, -0.2) is 38.9 Å². The molecule has 120 valence electrons. The summed E-state index contributed by atoms with van der Waals surface area (Å²) >= 11 is 0. The molecule has 3 atom stereocenters. The first-order valence-corrected chi connectivity index (χ1v) is 9.12. The largest absolute Gasteiger partial charge is 0.396 e. The van der Waals surface area contributed by atoms with Crippen molar-refractivity contribution in [2.24, 2.45) is 0 Å². The number of nitrogens with zero attached hydrogens (tertiary/aromatic N) is 1.